The molecular weight excluding hydrogens is 290 g/mol. The maximum atomic E-state index is 12.6. The minimum Gasteiger partial charge on any atom is -0.376 e. The van der Waals surface area contributed by atoms with Crippen molar-refractivity contribution in [3.63, 3.8) is 0 Å². The van der Waals surface area contributed by atoms with E-state index in [-0.39, 0.29) is 12.0 Å². The Balaban J connectivity index is 1.73. The van der Waals surface area contributed by atoms with Gasteiger partial charge in [-0.2, -0.15) is 0 Å². The summed E-state index contributed by atoms with van der Waals surface area (Å²) in [5.41, 5.74) is 0. The maximum absolute atomic E-state index is 12.6. The first-order chi connectivity index (χ1) is 9.83. The van der Waals surface area contributed by atoms with Crippen LogP contribution in [-0.4, -0.2) is 30.1 Å². The molecule has 3 heterocycles. The number of nitrogens with zero attached hydrogens (tertiary/aromatic N) is 1. The zero-order valence-corrected chi connectivity index (χ0v) is 12.8. The zero-order valence-electron chi connectivity index (χ0n) is 11.2. The Hall–Kier alpha value is -1.17. The second-order valence-corrected chi connectivity index (χ2v) is 6.86. The summed E-state index contributed by atoms with van der Waals surface area (Å²) in [6.07, 6.45) is 2.35. The van der Waals surface area contributed by atoms with E-state index in [1.165, 1.54) is 16.2 Å². The summed E-state index contributed by atoms with van der Waals surface area (Å²) in [5.74, 6) is 0.115. The van der Waals surface area contributed by atoms with Gasteiger partial charge in [0.2, 0.25) is 0 Å². The van der Waals surface area contributed by atoms with Crippen molar-refractivity contribution in [2.75, 3.05) is 13.2 Å². The lowest BCUT2D eigenvalue weighted by Crippen LogP contribution is -2.36. The molecule has 1 atom stereocenters. The lowest BCUT2D eigenvalue weighted by molar-refractivity contribution is 0.0513. The Labute approximate surface area is 126 Å². The molecule has 0 N–H and O–H groups in total. The van der Waals surface area contributed by atoms with Crippen molar-refractivity contribution in [3.05, 3.63) is 44.8 Å². The molecule has 1 amide bonds. The van der Waals surface area contributed by atoms with Crippen LogP contribution in [0.3, 0.4) is 0 Å². The summed E-state index contributed by atoms with van der Waals surface area (Å²) >= 11 is 3.19. The fourth-order valence-electron chi connectivity index (χ4n) is 2.40. The highest BCUT2D eigenvalue weighted by Gasteiger charge is 2.24. The first kappa shape index (κ1) is 13.8. The van der Waals surface area contributed by atoms with Crippen molar-refractivity contribution in [1.29, 1.82) is 0 Å². The second-order valence-electron chi connectivity index (χ2n) is 4.88. The van der Waals surface area contributed by atoms with E-state index >= 15 is 0 Å². The number of hydrogen-bond acceptors (Lipinski definition) is 4. The summed E-state index contributed by atoms with van der Waals surface area (Å²) in [7, 11) is 0. The van der Waals surface area contributed by atoms with Crippen LogP contribution in [0.4, 0.5) is 0 Å². The molecule has 0 spiro atoms. The number of thiophene rings is 2. The molecule has 1 saturated heterocycles. The number of amides is 1. The van der Waals surface area contributed by atoms with E-state index in [0.717, 1.165) is 24.3 Å². The summed E-state index contributed by atoms with van der Waals surface area (Å²) in [6.45, 7) is 2.19. The van der Waals surface area contributed by atoms with Crippen LogP contribution in [0.1, 0.15) is 27.4 Å². The van der Waals surface area contributed by atoms with Crippen molar-refractivity contribution in [1.82, 2.24) is 4.90 Å². The highest BCUT2D eigenvalue weighted by atomic mass is 32.1. The lowest BCUT2D eigenvalue weighted by atomic mass is 10.2. The van der Waals surface area contributed by atoms with Gasteiger partial charge in [-0.1, -0.05) is 12.1 Å². The molecule has 5 heteroatoms. The van der Waals surface area contributed by atoms with Gasteiger partial charge in [0, 0.05) is 18.0 Å². The average Bonchev–Trinajstić information content (AvgIpc) is 3.20. The SMILES string of the molecule is O=C(c1cccs1)N(Cc1cccs1)CC1CCCO1. The van der Waals surface area contributed by atoms with Crippen molar-refractivity contribution < 1.29 is 9.53 Å². The third-order valence-corrected chi connectivity index (χ3v) is 5.11. The van der Waals surface area contributed by atoms with E-state index in [0.29, 0.717) is 13.1 Å². The van der Waals surface area contributed by atoms with Gasteiger partial charge in [0.15, 0.2) is 0 Å². The van der Waals surface area contributed by atoms with E-state index in [1.807, 2.05) is 28.5 Å². The fraction of sp³-hybridized carbons (Fsp3) is 0.400. The Morgan fingerprint density at radius 2 is 2.15 bits per heavy atom. The van der Waals surface area contributed by atoms with Crippen LogP contribution in [-0.2, 0) is 11.3 Å². The Morgan fingerprint density at radius 3 is 2.80 bits per heavy atom. The third kappa shape index (κ3) is 3.29. The predicted molar refractivity (Wildman–Crippen MR) is 82.4 cm³/mol. The van der Waals surface area contributed by atoms with Crippen molar-refractivity contribution in [2.45, 2.75) is 25.5 Å². The van der Waals surface area contributed by atoms with E-state index in [1.54, 1.807) is 11.3 Å². The Morgan fingerprint density at radius 1 is 1.30 bits per heavy atom. The van der Waals surface area contributed by atoms with Crippen molar-refractivity contribution in [2.24, 2.45) is 0 Å². The van der Waals surface area contributed by atoms with Gasteiger partial charge in [0.1, 0.15) is 0 Å². The smallest absolute Gasteiger partial charge is 0.264 e. The number of carbonyl (C=O) groups excluding carboxylic acids is 1. The molecule has 0 aliphatic carbocycles. The third-order valence-electron chi connectivity index (χ3n) is 3.39. The molecule has 2 aromatic rings. The van der Waals surface area contributed by atoms with E-state index in [9.17, 15) is 4.79 Å². The fourth-order valence-corrected chi connectivity index (χ4v) is 3.81. The molecule has 2 aromatic heterocycles. The molecule has 0 aromatic carbocycles. The first-order valence-corrected chi connectivity index (χ1v) is 8.55. The number of hydrogen-bond donors (Lipinski definition) is 0. The van der Waals surface area contributed by atoms with E-state index in [4.69, 9.17) is 4.74 Å². The first-order valence-electron chi connectivity index (χ1n) is 6.79. The molecule has 3 rings (SSSR count). The normalized spacial score (nSPS) is 18.3. The van der Waals surface area contributed by atoms with Gasteiger partial charge in [-0.15, -0.1) is 22.7 Å². The van der Waals surface area contributed by atoms with Crippen LogP contribution in [0.25, 0.3) is 0 Å². The second kappa shape index (κ2) is 6.52. The van der Waals surface area contributed by atoms with E-state index < -0.39 is 0 Å². The maximum Gasteiger partial charge on any atom is 0.264 e. The molecule has 1 aliphatic heterocycles. The molecule has 0 bridgehead atoms. The van der Waals surface area contributed by atoms with Gasteiger partial charge in [-0.25, -0.2) is 0 Å². The zero-order chi connectivity index (χ0) is 13.8. The molecule has 20 heavy (non-hydrogen) atoms. The standard InChI is InChI=1S/C15H17NO2S2/c17-15(14-6-3-9-20-14)16(10-12-4-1-7-18-12)11-13-5-2-8-19-13/h2-3,5-6,8-9,12H,1,4,7,10-11H2. The van der Waals surface area contributed by atoms with Crippen molar-refractivity contribution in [3.8, 4) is 0 Å². The monoisotopic (exact) mass is 307 g/mol. The van der Waals surface area contributed by atoms with Crippen LogP contribution < -0.4 is 0 Å². The highest BCUT2D eigenvalue weighted by molar-refractivity contribution is 7.12. The van der Waals surface area contributed by atoms with E-state index in [2.05, 4.69) is 11.4 Å². The summed E-state index contributed by atoms with van der Waals surface area (Å²) in [6, 6.07) is 7.92. The Kier molecular flexibility index (Phi) is 4.50. The predicted octanol–water partition coefficient (Wildman–Crippen LogP) is 3.63. The highest BCUT2D eigenvalue weighted by Crippen LogP contribution is 2.20. The van der Waals surface area contributed by atoms with Gasteiger partial charge in [-0.05, 0) is 35.7 Å². The van der Waals surface area contributed by atoms with Gasteiger partial charge in [0.05, 0.1) is 17.5 Å². The minimum absolute atomic E-state index is 0.115. The molecule has 1 fully saturated rings. The molecule has 106 valence electrons. The van der Waals surface area contributed by atoms with Crippen molar-refractivity contribution >= 4 is 28.6 Å². The van der Waals surface area contributed by atoms with Gasteiger partial charge in [0.25, 0.3) is 5.91 Å². The number of ether oxygens (including phenoxy) is 1. The average molecular weight is 307 g/mol. The quantitative estimate of drug-likeness (QED) is 0.844. The molecule has 0 radical (unpaired) electrons. The molecule has 1 aliphatic rings. The van der Waals surface area contributed by atoms with Crippen LogP contribution in [0.15, 0.2) is 35.0 Å². The minimum atomic E-state index is 0.115. The topological polar surface area (TPSA) is 29.5 Å². The molecule has 0 saturated carbocycles. The summed E-state index contributed by atoms with van der Waals surface area (Å²) < 4.78 is 5.68. The van der Waals surface area contributed by atoms with Crippen LogP contribution in [0.2, 0.25) is 0 Å². The number of carbonyl (C=O) groups is 1. The Bertz CT molecular complexity index is 530. The molecule has 1 unspecified atom stereocenters. The van der Waals surface area contributed by atoms with Gasteiger partial charge >= 0.3 is 0 Å². The summed E-state index contributed by atoms with van der Waals surface area (Å²) in [5, 5.41) is 4.00. The largest absolute Gasteiger partial charge is 0.376 e. The van der Waals surface area contributed by atoms with Gasteiger partial charge in [-0.3, -0.25) is 4.79 Å². The van der Waals surface area contributed by atoms with Crippen LogP contribution in [0.5, 0.6) is 0 Å². The molecular formula is C15H17NO2S2. The summed E-state index contributed by atoms with van der Waals surface area (Å²) in [4.78, 5) is 16.6. The van der Waals surface area contributed by atoms with Crippen LogP contribution >= 0.6 is 22.7 Å². The van der Waals surface area contributed by atoms with Crippen LogP contribution in [0, 0.1) is 0 Å². The lowest BCUT2D eigenvalue weighted by Gasteiger charge is -2.24. The van der Waals surface area contributed by atoms with Gasteiger partial charge < -0.3 is 9.64 Å². The number of rotatable bonds is 5. The molecule has 3 nitrogen and oxygen atoms in total.